The zero-order chi connectivity index (χ0) is 23.5. The summed E-state index contributed by atoms with van der Waals surface area (Å²) in [6, 6.07) is 16.4. The Kier molecular flexibility index (Phi) is 8.63. The minimum atomic E-state index is -4.79. The molecule has 1 atom stereocenters. The van der Waals surface area contributed by atoms with Crippen LogP contribution < -0.4 is 10.6 Å². The fraction of sp³-hybridized carbons (Fsp3) is 0.240. The van der Waals surface area contributed by atoms with Gasteiger partial charge in [0.15, 0.2) is 0 Å². The van der Waals surface area contributed by atoms with Gasteiger partial charge in [-0.2, -0.15) is 13.2 Å². The van der Waals surface area contributed by atoms with E-state index in [9.17, 15) is 22.4 Å². The Morgan fingerprint density at radius 1 is 0.970 bits per heavy atom. The van der Waals surface area contributed by atoms with Gasteiger partial charge in [0, 0.05) is 12.2 Å². The molecule has 0 bridgehead atoms. The van der Waals surface area contributed by atoms with Crippen LogP contribution in [0.4, 0.5) is 23.2 Å². The number of amides is 1. The van der Waals surface area contributed by atoms with Crippen LogP contribution in [0.3, 0.4) is 0 Å². The molecule has 3 aromatic carbocycles. The van der Waals surface area contributed by atoms with Crippen LogP contribution in [0.5, 0.6) is 0 Å². The maximum atomic E-state index is 14.5. The van der Waals surface area contributed by atoms with Crippen molar-refractivity contribution >= 4 is 24.0 Å². The summed E-state index contributed by atoms with van der Waals surface area (Å²) in [5.74, 6) is -1.74. The molecule has 0 radical (unpaired) electrons. The molecule has 0 heterocycles. The molecule has 0 spiro atoms. The third-order valence-electron chi connectivity index (χ3n) is 5.48. The van der Waals surface area contributed by atoms with Gasteiger partial charge >= 0.3 is 6.18 Å². The molecular formula is C25H25ClF4N2O. The fourth-order valence-corrected chi connectivity index (χ4v) is 3.45. The van der Waals surface area contributed by atoms with E-state index in [4.69, 9.17) is 5.73 Å². The second-order valence-corrected chi connectivity index (χ2v) is 7.67. The first kappa shape index (κ1) is 26.4. The highest BCUT2D eigenvalue weighted by molar-refractivity contribution is 5.97. The highest BCUT2D eigenvalue weighted by Gasteiger charge is 2.35. The number of nitrogens with two attached hydrogens (primary N) is 1. The predicted molar refractivity (Wildman–Crippen MR) is 124 cm³/mol. The van der Waals surface area contributed by atoms with E-state index < -0.39 is 29.5 Å². The van der Waals surface area contributed by atoms with Gasteiger partial charge in [0.25, 0.3) is 0 Å². The zero-order valence-corrected chi connectivity index (χ0v) is 19.0. The van der Waals surface area contributed by atoms with Crippen LogP contribution in [0.2, 0.25) is 0 Å². The van der Waals surface area contributed by atoms with Crippen molar-refractivity contribution in [3.05, 3.63) is 100 Å². The Labute approximate surface area is 196 Å². The van der Waals surface area contributed by atoms with Crippen LogP contribution in [0, 0.1) is 19.7 Å². The lowest BCUT2D eigenvalue weighted by atomic mass is 10.0. The summed E-state index contributed by atoms with van der Waals surface area (Å²) in [5.41, 5.74) is 7.90. The molecular weight excluding hydrogens is 456 g/mol. The van der Waals surface area contributed by atoms with Gasteiger partial charge in [-0.1, -0.05) is 48.5 Å². The number of rotatable bonds is 6. The van der Waals surface area contributed by atoms with Crippen LogP contribution in [-0.2, 0) is 17.4 Å². The van der Waals surface area contributed by atoms with E-state index in [1.807, 2.05) is 26.0 Å². The number of hydrogen-bond acceptors (Lipinski definition) is 2. The van der Waals surface area contributed by atoms with Crippen molar-refractivity contribution in [2.24, 2.45) is 5.73 Å². The first-order chi connectivity index (χ1) is 15.1. The summed E-state index contributed by atoms with van der Waals surface area (Å²) < 4.78 is 53.7. The standard InChI is InChI=1S/C25H24F4N2O.ClH/c1-16-11-12-20(15-17(16)2)31(24(32)23(30)19-7-4-3-5-8-19)14-13-18-9-6-10-21(22(18)26)25(27,28)29;/h3-12,15,23H,13-14,30H2,1-2H3;1H. The molecule has 1 amide bonds. The molecule has 33 heavy (non-hydrogen) atoms. The van der Waals surface area contributed by atoms with Crippen molar-refractivity contribution in [3.8, 4) is 0 Å². The largest absolute Gasteiger partial charge is 0.419 e. The molecule has 0 aliphatic heterocycles. The highest BCUT2D eigenvalue weighted by Crippen LogP contribution is 2.33. The third kappa shape index (κ3) is 6.12. The average molecular weight is 481 g/mol. The Morgan fingerprint density at radius 2 is 1.64 bits per heavy atom. The molecule has 8 heteroatoms. The van der Waals surface area contributed by atoms with Gasteiger partial charge in [0.05, 0.1) is 5.56 Å². The van der Waals surface area contributed by atoms with Gasteiger partial charge in [-0.15, -0.1) is 12.4 Å². The predicted octanol–water partition coefficient (Wildman–Crippen LogP) is 6.16. The number of hydrogen-bond donors (Lipinski definition) is 1. The van der Waals surface area contributed by atoms with Crippen LogP contribution in [0.15, 0.2) is 66.7 Å². The molecule has 3 rings (SSSR count). The van der Waals surface area contributed by atoms with Gasteiger partial charge in [0.2, 0.25) is 5.91 Å². The lowest BCUT2D eigenvalue weighted by Gasteiger charge is -2.27. The molecule has 0 saturated carbocycles. The van der Waals surface area contributed by atoms with E-state index in [0.717, 1.165) is 11.1 Å². The number of carbonyl (C=O) groups excluding carboxylic acids is 1. The molecule has 2 N–H and O–H groups in total. The maximum absolute atomic E-state index is 14.5. The summed E-state index contributed by atoms with van der Waals surface area (Å²) >= 11 is 0. The third-order valence-corrected chi connectivity index (χ3v) is 5.48. The van der Waals surface area contributed by atoms with Crippen LogP contribution in [0.25, 0.3) is 0 Å². The van der Waals surface area contributed by atoms with Crippen LogP contribution in [0.1, 0.15) is 33.9 Å². The Morgan fingerprint density at radius 3 is 2.24 bits per heavy atom. The van der Waals surface area contributed by atoms with E-state index in [0.29, 0.717) is 17.3 Å². The molecule has 0 saturated heterocycles. The van der Waals surface area contributed by atoms with E-state index in [2.05, 4.69) is 0 Å². The van der Waals surface area contributed by atoms with E-state index in [1.54, 1.807) is 36.4 Å². The second-order valence-electron chi connectivity index (χ2n) is 7.67. The molecule has 0 aliphatic carbocycles. The minimum Gasteiger partial charge on any atom is -0.316 e. The summed E-state index contributed by atoms with van der Waals surface area (Å²) in [4.78, 5) is 14.7. The van der Waals surface area contributed by atoms with E-state index in [-0.39, 0.29) is 30.9 Å². The number of aryl methyl sites for hydroxylation is 2. The summed E-state index contributed by atoms with van der Waals surface area (Å²) in [6.45, 7) is 3.80. The van der Waals surface area contributed by atoms with Crippen molar-refractivity contribution in [3.63, 3.8) is 0 Å². The Bertz CT molecular complexity index is 1100. The smallest absolute Gasteiger partial charge is 0.316 e. The van der Waals surface area contributed by atoms with Gasteiger partial charge < -0.3 is 10.6 Å². The van der Waals surface area contributed by atoms with Crippen LogP contribution in [-0.4, -0.2) is 12.5 Å². The molecule has 176 valence electrons. The quantitative estimate of drug-likeness (QED) is 0.429. The van der Waals surface area contributed by atoms with Crippen LogP contribution >= 0.6 is 12.4 Å². The average Bonchev–Trinajstić information content (AvgIpc) is 2.76. The van der Waals surface area contributed by atoms with Crippen molar-refractivity contribution in [2.45, 2.75) is 32.5 Å². The highest BCUT2D eigenvalue weighted by atomic mass is 35.5. The number of anilines is 1. The van der Waals surface area contributed by atoms with Gasteiger partial charge in [-0.05, 0) is 60.7 Å². The van der Waals surface area contributed by atoms with Crippen molar-refractivity contribution in [1.29, 1.82) is 0 Å². The maximum Gasteiger partial charge on any atom is 0.419 e. The minimum absolute atomic E-state index is 0. The summed E-state index contributed by atoms with van der Waals surface area (Å²) in [5, 5.41) is 0. The van der Waals surface area contributed by atoms with Gasteiger partial charge in [0.1, 0.15) is 11.9 Å². The molecule has 0 fully saturated rings. The lowest BCUT2D eigenvalue weighted by Crippen LogP contribution is -2.40. The Hall–Kier alpha value is -2.90. The topological polar surface area (TPSA) is 46.3 Å². The number of benzene rings is 3. The van der Waals surface area contributed by atoms with Gasteiger partial charge in [-0.3, -0.25) is 4.79 Å². The first-order valence-electron chi connectivity index (χ1n) is 10.1. The van der Waals surface area contributed by atoms with E-state index >= 15 is 0 Å². The fourth-order valence-electron chi connectivity index (χ4n) is 3.45. The second kappa shape index (κ2) is 10.8. The molecule has 1 unspecified atom stereocenters. The molecule has 3 nitrogen and oxygen atoms in total. The Balaban J connectivity index is 0.00000385. The number of halogens is 5. The SMILES string of the molecule is Cc1ccc(N(CCc2cccc(C(F)(F)F)c2F)C(=O)C(N)c2ccccc2)cc1C.Cl. The van der Waals surface area contributed by atoms with E-state index in [1.165, 1.54) is 17.0 Å². The lowest BCUT2D eigenvalue weighted by molar-refractivity contribution is -0.140. The van der Waals surface area contributed by atoms with Crippen molar-refractivity contribution in [1.82, 2.24) is 0 Å². The zero-order valence-electron chi connectivity index (χ0n) is 18.2. The number of alkyl halides is 3. The first-order valence-corrected chi connectivity index (χ1v) is 10.1. The van der Waals surface area contributed by atoms with Crippen molar-refractivity contribution in [2.75, 3.05) is 11.4 Å². The number of nitrogens with zero attached hydrogens (tertiary/aromatic N) is 1. The summed E-state index contributed by atoms with van der Waals surface area (Å²) in [7, 11) is 0. The molecule has 3 aromatic rings. The molecule has 0 aromatic heterocycles. The van der Waals surface area contributed by atoms with Gasteiger partial charge in [-0.25, -0.2) is 4.39 Å². The van der Waals surface area contributed by atoms with Crippen molar-refractivity contribution < 1.29 is 22.4 Å². The number of carbonyl (C=O) groups is 1. The summed E-state index contributed by atoms with van der Waals surface area (Å²) in [6.07, 6.45) is -4.89. The normalized spacial score (nSPS) is 12.1. The monoisotopic (exact) mass is 480 g/mol. The molecule has 0 aliphatic rings.